The Morgan fingerprint density at radius 1 is 0.906 bits per heavy atom. The largest absolute Gasteiger partial charge is 0.508 e. The molecule has 2 aliphatic heterocycles. The lowest BCUT2D eigenvalue weighted by molar-refractivity contribution is -0.122. The molecule has 7 heteroatoms. The van der Waals surface area contributed by atoms with Crippen LogP contribution in [0.1, 0.15) is 5.56 Å². The van der Waals surface area contributed by atoms with Gasteiger partial charge in [-0.2, -0.15) is 0 Å². The van der Waals surface area contributed by atoms with Crippen molar-refractivity contribution in [2.24, 2.45) is 4.99 Å². The van der Waals surface area contributed by atoms with Crippen molar-refractivity contribution in [1.82, 2.24) is 4.90 Å². The van der Waals surface area contributed by atoms with E-state index in [9.17, 15) is 9.90 Å². The highest BCUT2D eigenvalue weighted by atomic mass is 32.2. The van der Waals surface area contributed by atoms with Gasteiger partial charge in [0, 0.05) is 18.5 Å². The number of hydrogen-bond acceptors (Lipinski definition) is 6. The van der Waals surface area contributed by atoms with E-state index < -0.39 is 0 Å². The molecular weight excluding hydrogens is 438 g/mol. The molecule has 1 fully saturated rings. The number of amides is 1. The first-order valence-electron chi connectivity index (χ1n) is 10.3. The van der Waals surface area contributed by atoms with E-state index in [0.29, 0.717) is 22.3 Å². The van der Waals surface area contributed by atoms with Gasteiger partial charge in [-0.1, -0.05) is 54.2 Å². The number of phenols is 1. The number of fused-ring (bicyclic) bond motifs is 1. The zero-order chi connectivity index (χ0) is 22.1. The normalized spacial score (nSPS) is 19.2. The Kier molecular flexibility index (Phi) is 5.68. The monoisotopic (exact) mass is 459 g/mol. The molecule has 0 aliphatic carbocycles. The zero-order valence-corrected chi connectivity index (χ0v) is 19.1. The highest BCUT2D eigenvalue weighted by Gasteiger charge is 2.38. The van der Waals surface area contributed by atoms with Gasteiger partial charge in [0.05, 0.1) is 16.4 Å². The fourth-order valence-corrected chi connectivity index (χ4v) is 6.01. The van der Waals surface area contributed by atoms with Crippen molar-refractivity contribution >= 4 is 46.0 Å². The van der Waals surface area contributed by atoms with E-state index in [0.717, 1.165) is 22.0 Å². The molecule has 3 aromatic carbocycles. The predicted octanol–water partition coefficient (Wildman–Crippen LogP) is 5.61. The number of anilines is 1. The quantitative estimate of drug-likeness (QED) is 0.514. The number of carbonyl (C=O) groups excluding carboxylic acids is 1. The molecule has 0 spiro atoms. The molecule has 0 atom stereocenters. The van der Waals surface area contributed by atoms with E-state index in [4.69, 9.17) is 4.99 Å². The van der Waals surface area contributed by atoms with E-state index in [1.807, 2.05) is 37.4 Å². The Bertz CT molecular complexity index is 1220. The average Bonchev–Trinajstić information content (AvgIpc) is 3.31. The lowest BCUT2D eigenvalue weighted by atomic mass is 10.1. The molecule has 0 bridgehead atoms. The third-order valence-corrected chi connectivity index (χ3v) is 7.77. The van der Waals surface area contributed by atoms with Gasteiger partial charge < -0.3 is 10.0 Å². The molecule has 3 aromatic rings. The number of phenolic OH excluding ortho intramolecular Hbond substituents is 1. The Morgan fingerprint density at radius 3 is 2.38 bits per heavy atom. The lowest BCUT2D eigenvalue weighted by Gasteiger charge is -2.16. The molecule has 0 aromatic heterocycles. The molecule has 5 rings (SSSR count). The standard InChI is InChI=1S/C25H21N3O2S2/c1-27-20-9-5-6-10-21(20)31-24(27)22-23(30)28(16-15-17-7-3-2-4-8-17)25(32-22)26-18-11-13-19(29)14-12-18/h2-14,29H,15-16H2,1H3. The fourth-order valence-electron chi connectivity index (χ4n) is 3.64. The van der Waals surface area contributed by atoms with Crippen LogP contribution < -0.4 is 4.90 Å². The molecule has 0 unspecified atom stereocenters. The summed E-state index contributed by atoms with van der Waals surface area (Å²) in [4.78, 5) is 24.0. The number of benzene rings is 3. The second-order valence-corrected chi connectivity index (χ2v) is 9.48. The molecule has 1 amide bonds. The number of nitrogens with zero attached hydrogens (tertiary/aromatic N) is 3. The third kappa shape index (κ3) is 4.01. The van der Waals surface area contributed by atoms with E-state index in [1.165, 1.54) is 17.3 Å². The van der Waals surface area contributed by atoms with Gasteiger partial charge in [-0.05, 0) is 60.1 Å². The fraction of sp³-hybridized carbons (Fsp3) is 0.120. The SMILES string of the molecule is CN1C(=C2SC(=Nc3ccc(O)cc3)N(CCc3ccccc3)C2=O)Sc2ccccc21. The summed E-state index contributed by atoms with van der Waals surface area (Å²) in [7, 11) is 2.00. The number of aliphatic imine (C=N–C) groups is 1. The number of hydrogen-bond donors (Lipinski definition) is 1. The van der Waals surface area contributed by atoms with Gasteiger partial charge in [-0.3, -0.25) is 9.69 Å². The summed E-state index contributed by atoms with van der Waals surface area (Å²) >= 11 is 3.03. The molecule has 0 saturated carbocycles. The van der Waals surface area contributed by atoms with Crippen LogP contribution in [0.2, 0.25) is 0 Å². The van der Waals surface area contributed by atoms with Crippen molar-refractivity contribution in [3.8, 4) is 5.75 Å². The van der Waals surface area contributed by atoms with Crippen LogP contribution in [-0.4, -0.2) is 34.7 Å². The minimum atomic E-state index is -0.0226. The number of carbonyl (C=O) groups is 1. The van der Waals surface area contributed by atoms with E-state index >= 15 is 0 Å². The smallest absolute Gasteiger partial charge is 0.269 e. The van der Waals surface area contributed by atoms with Crippen molar-refractivity contribution < 1.29 is 9.90 Å². The van der Waals surface area contributed by atoms with E-state index in [-0.39, 0.29) is 11.7 Å². The maximum atomic E-state index is 13.6. The molecule has 32 heavy (non-hydrogen) atoms. The van der Waals surface area contributed by atoms with Gasteiger partial charge in [0.25, 0.3) is 5.91 Å². The highest BCUT2D eigenvalue weighted by Crippen LogP contribution is 2.50. The van der Waals surface area contributed by atoms with Crippen LogP contribution in [0.4, 0.5) is 11.4 Å². The van der Waals surface area contributed by atoms with Crippen molar-refractivity contribution in [3.05, 3.63) is 94.4 Å². The van der Waals surface area contributed by atoms with Crippen molar-refractivity contribution in [3.63, 3.8) is 0 Å². The molecular formula is C25H21N3O2S2. The minimum Gasteiger partial charge on any atom is -0.508 e. The van der Waals surface area contributed by atoms with Crippen LogP contribution in [-0.2, 0) is 11.2 Å². The summed E-state index contributed by atoms with van der Waals surface area (Å²) in [5.74, 6) is 0.167. The van der Waals surface area contributed by atoms with Crippen LogP contribution in [0, 0.1) is 0 Å². The summed E-state index contributed by atoms with van der Waals surface area (Å²) in [6, 6.07) is 25.0. The van der Waals surface area contributed by atoms with Crippen molar-refractivity contribution in [2.45, 2.75) is 11.3 Å². The van der Waals surface area contributed by atoms with E-state index in [2.05, 4.69) is 29.2 Å². The number of aromatic hydroxyl groups is 1. The highest BCUT2D eigenvalue weighted by molar-refractivity contribution is 8.19. The molecule has 1 N–H and O–H groups in total. The van der Waals surface area contributed by atoms with Crippen molar-refractivity contribution in [2.75, 3.05) is 18.5 Å². The van der Waals surface area contributed by atoms with Crippen LogP contribution in [0.15, 0.2) is 98.7 Å². The molecule has 2 heterocycles. The summed E-state index contributed by atoms with van der Waals surface area (Å²) < 4.78 is 0. The van der Waals surface area contributed by atoms with Crippen molar-refractivity contribution in [1.29, 1.82) is 0 Å². The maximum Gasteiger partial charge on any atom is 0.269 e. The Hall–Kier alpha value is -3.16. The lowest BCUT2D eigenvalue weighted by Crippen LogP contribution is -2.31. The minimum absolute atomic E-state index is 0.0226. The van der Waals surface area contributed by atoms with Gasteiger partial charge in [0.1, 0.15) is 10.7 Å². The molecule has 160 valence electrons. The molecule has 0 radical (unpaired) electrons. The molecule has 2 aliphatic rings. The van der Waals surface area contributed by atoms with Crippen LogP contribution in [0.5, 0.6) is 5.75 Å². The first kappa shape index (κ1) is 20.7. The van der Waals surface area contributed by atoms with E-state index in [1.54, 1.807) is 40.9 Å². The Morgan fingerprint density at radius 2 is 1.62 bits per heavy atom. The Labute approximate surface area is 195 Å². The number of thioether (sulfide) groups is 2. The number of amidine groups is 1. The van der Waals surface area contributed by atoms with Crippen LogP contribution in [0.3, 0.4) is 0 Å². The van der Waals surface area contributed by atoms with Gasteiger partial charge in [0.15, 0.2) is 5.17 Å². The first-order valence-corrected chi connectivity index (χ1v) is 11.9. The van der Waals surface area contributed by atoms with Gasteiger partial charge in [-0.15, -0.1) is 0 Å². The summed E-state index contributed by atoms with van der Waals surface area (Å²) in [6.07, 6.45) is 0.744. The number of para-hydroxylation sites is 1. The van der Waals surface area contributed by atoms with Gasteiger partial charge in [-0.25, -0.2) is 4.99 Å². The van der Waals surface area contributed by atoms with Gasteiger partial charge >= 0.3 is 0 Å². The summed E-state index contributed by atoms with van der Waals surface area (Å²) in [5, 5.41) is 11.2. The van der Waals surface area contributed by atoms with Crippen LogP contribution in [0.25, 0.3) is 0 Å². The Balaban J connectivity index is 1.49. The summed E-state index contributed by atoms with van der Waals surface area (Å²) in [6.45, 7) is 0.547. The summed E-state index contributed by atoms with van der Waals surface area (Å²) in [5.41, 5.74) is 2.98. The third-order valence-electron chi connectivity index (χ3n) is 5.34. The topological polar surface area (TPSA) is 56.1 Å². The zero-order valence-electron chi connectivity index (χ0n) is 17.4. The second-order valence-electron chi connectivity index (χ2n) is 7.47. The molecule has 1 saturated heterocycles. The van der Waals surface area contributed by atoms with Gasteiger partial charge in [0.2, 0.25) is 0 Å². The molecule has 5 nitrogen and oxygen atoms in total. The van der Waals surface area contributed by atoms with Crippen LogP contribution >= 0.6 is 23.5 Å². The predicted molar refractivity (Wildman–Crippen MR) is 132 cm³/mol. The maximum absolute atomic E-state index is 13.6. The number of rotatable bonds is 4. The second kappa shape index (κ2) is 8.76. The average molecular weight is 460 g/mol. The first-order chi connectivity index (χ1) is 15.6.